The minimum absolute atomic E-state index is 0.268. The Balaban J connectivity index is 3.97. The number of hydrogen-bond donors (Lipinski definition) is 1. The number of nitrogens with zero attached hydrogens (tertiary/aromatic N) is 2. The number of nitriles is 1. The average Bonchev–Trinajstić information content (AvgIpc) is 2.26. The molecule has 1 atom stereocenters. The minimum Gasteiger partial charge on any atom is -0.377 e. The third-order valence-corrected chi connectivity index (χ3v) is 2.52. The molecule has 0 saturated carbocycles. The maximum atomic E-state index is 9.20. The molecule has 0 saturated heterocycles. The lowest BCUT2D eigenvalue weighted by Gasteiger charge is -2.29. The van der Waals surface area contributed by atoms with Crippen molar-refractivity contribution in [2.75, 3.05) is 33.3 Å². The Morgan fingerprint density at radius 1 is 1.47 bits per heavy atom. The summed E-state index contributed by atoms with van der Waals surface area (Å²) in [6.07, 6.45) is 1.31. The van der Waals surface area contributed by atoms with Crippen LogP contribution in [-0.4, -0.2) is 49.8 Å². The second kappa shape index (κ2) is 8.46. The molecule has 0 fully saturated rings. The molecule has 0 aliphatic carbocycles. The molecule has 0 spiro atoms. The van der Waals surface area contributed by atoms with Crippen LogP contribution >= 0.6 is 0 Å². The summed E-state index contributed by atoms with van der Waals surface area (Å²) in [4.78, 5) is 2.13. The fraction of sp³-hybridized carbons (Fsp3) is 0.923. The van der Waals surface area contributed by atoms with Crippen LogP contribution in [0.25, 0.3) is 0 Å². The number of rotatable bonds is 9. The lowest BCUT2D eigenvalue weighted by Crippen LogP contribution is -2.50. The lowest BCUT2D eigenvalue weighted by molar-refractivity contribution is 0.0609. The highest BCUT2D eigenvalue weighted by Crippen LogP contribution is 2.04. The van der Waals surface area contributed by atoms with Crippen LogP contribution < -0.4 is 5.32 Å². The predicted octanol–water partition coefficient (Wildman–Crippen LogP) is 1.63. The van der Waals surface area contributed by atoms with E-state index in [1.54, 1.807) is 0 Å². The van der Waals surface area contributed by atoms with E-state index in [1.165, 1.54) is 0 Å². The van der Waals surface area contributed by atoms with Crippen LogP contribution in [0, 0.1) is 11.3 Å². The molecule has 0 radical (unpaired) electrons. The van der Waals surface area contributed by atoms with E-state index in [0.29, 0.717) is 13.2 Å². The fourth-order valence-electron chi connectivity index (χ4n) is 1.59. The molecule has 0 aromatic heterocycles. The van der Waals surface area contributed by atoms with Crippen molar-refractivity contribution in [2.45, 2.75) is 45.8 Å². The average molecular weight is 241 g/mol. The Morgan fingerprint density at radius 3 is 2.59 bits per heavy atom. The van der Waals surface area contributed by atoms with Crippen molar-refractivity contribution in [3.8, 4) is 6.07 Å². The Hall–Kier alpha value is -0.630. The molecule has 17 heavy (non-hydrogen) atoms. The van der Waals surface area contributed by atoms with Gasteiger partial charge in [-0.1, -0.05) is 6.92 Å². The first-order chi connectivity index (χ1) is 7.93. The monoisotopic (exact) mass is 241 g/mol. The van der Waals surface area contributed by atoms with E-state index < -0.39 is 5.54 Å². The van der Waals surface area contributed by atoms with Gasteiger partial charge in [-0.15, -0.1) is 0 Å². The van der Waals surface area contributed by atoms with Crippen LogP contribution in [0.1, 0.15) is 34.1 Å². The van der Waals surface area contributed by atoms with E-state index in [1.807, 2.05) is 27.8 Å². The first-order valence-corrected chi connectivity index (χ1v) is 6.40. The van der Waals surface area contributed by atoms with Crippen molar-refractivity contribution in [3.05, 3.63) is 0 Å². The Bertz CT molecular complexity index is 237. The van der Waals surface area contributed by atoms with Crippen molar-refractivity contribution in [2.24, 2.45) is 0 Å². The highest BCUT2D eigenvalue weighted by molar-refractivity contribution is 5.05. The van der Waals surface area contributed by atoms with E-state index >= 15 is 0 Å². The molecule has 100 valence electrons. The molecule has 1 N–H and O–H groups in total. The van der Waals surface area contributed by atoms with E-state index in [0.717, 1.165) is 19.5 Å². The highest BCUT2D eigenvalue weighted by atomic mass is 16.5. The van der Waals surface area contributed by atoms with Crippen molar-refractivity contribution in [3.63, 3.8) is 0 Å². The molecule has 0 aromatic rings. The summed E-state index contributed by atoms with van der Waals surface area (Å²) < 4.78 is 5.50. The van der Waals surface area contributed by atoms with Gasteiger partial charge in [0.25, 0.3) is 0 Å². The molecule has 0 aromatic carbocycles. The standard InChI is InChI=1S/C13H27N3O/c1-6-7-15-13(4,10-14)11-16(5)8-9-17-12(2)3/h12,15H,6-9,11H2,1-5H3. The first-order valence-electron chi connectivity index (χ1n) is 6.40. The van der Waals surface area contributed by atoms with Gasteiger partial charge in [-0.25, -0.2) is 0 Å². The Labute approximate surface area is 106 Å². The number of hydrogen-bond acceptors (Lipinski definition) is 4. The SMILES string of the molecule is CCCNC(C)(C#N)CN(C)CCOC(C)C. The van der Waals surface area contributed by atoms with Crippen molar-refractivity contribution < 1.29 is 4.74 Å². The van der Waals surface area contributed by atoms with Crippen LogP contribution in [0.3, 0.4) is 0 Å². The van der Waals surface area contributed by atoms with Crippen LogP contribution in [-0.2, 0) is 4.74 Å². The molecule has 4 heteroatoms. The summed E-state index contributed by atoms with van der Waals surface area (Å²) in [6.45, 7) is 11.3. The number of nitrogens with one attached hydrogen (secondary N) is 1. The topological polar surface area (TPSA) is 48.3 Å². The summed E-state index contributed by atoms with van der Waals surface area (Å²) in [7, 11) is 2.02. The lowest BCUT2D eigenvalue weighted by atomic mass is 10.0. The zero-order chi connectivity index (χ0) is 13.3. The van der Waals surface area contributed by atoms with Gasteiger partial charge in [0.05, 0.1) is 18.8 Å². The maximum Gasteiger partial charge on any atom is 0.116 e. The Kier molecular flexibility index (Phi) is 8.15. The zero-order valence-electron chi connectivity index (χ0n) is 11.9. The summed E-state index contributed by atoms with van der Waals surface area (Å²) in [5.74, 6) is 0. The highest BCUT2D eigenvalue weighted by Gasteiger charge is 2.24. The molecule has 0 amide bonds. The molecule has 0 aliphatic heterocycles. The van der Waals surface area contributed by atoms with Crippen LogP contribution in [0.2, 0.25) is 0 Å². The van der Waals surface area contributed by atoms with Crippen molar-refractivity contribution >= 4 is 0 Å². The molecule has 4 nitrogen and oxygen atoms in total. The fourth-order valence-corrected chi connectivity index (χ4v) is 1.59. The molecule has 0 bridgehead atoms. The summed E-state index contributed by atoms with van der Waals surface area (Å²) in [6, 6.07) is 2.35. The zero-order valence-corrected chi connectivity index (χ0v) is 11.9. The van der Waals surface area contributed by atoms with Crippen LogP contribution in [0.4, 0.5) is 0 Å². The van der Waals surface area contributed by atoms with Gasteiger partial charge in [-0.2, -0.15) is 5.26 Å². The number of ether oxygens (including phenoxy) is 1. The second-order valence-electron chi connectivity index (χ2n) is 5.03. The number of likely N-dealkylation sites (N-methyl/N-ethyl adjacent to an activating group) is 1. The third-order valence-electron chi connectivity index (χ3n) is 2.52. The van der Waals surface area contributed by atoms with Gasteiger partial charge in [0.15, 0.2) is 0 Å². The molecule has 1 unspecified atom stereocenters. The second-order valence-corrected chi connectivity index (χ2v) is 5.03. The van der Waals surface area contributed by atoms with Gasteiger partial charge in [0, 0.05) is 13.1 Å². The quantitative estimate of drug-likeness (QED) is 0.666. The normalized spacial score (nSPS) is 14.9. The largest absolute Gasteiger partial charge is 0.377 e. The third kappa shape index (κ3) is 8.14. The molecule has 0 heterocycles. The molecule has 0 aliphatic rings. The van der Waals surface area contributed by atoms with E-state index in [2.05, 4.69) is 23.2 Å². The van der Waals surface area contributed by atoms with Gasteiger partial charge in [-0.05, 0) is 40.8 Å². The van der Waals surface area contributed by atoms with Gasteiger partial charge >= 0.3 is 0 Å². The molecule has 0 rings (SSSR count). The summed E-state index contributed by atoms with van der Waals surface area (Å²) in [5.41, 5.74) is -0.470. The van der Waals surface area contributed by atoms with Crippen LogP contribution in [0.5, 0.6) is 0 Å². The van der Waals surface area contributed by atoms with Gasteiger partial charge < -0.3 is 9.64 Å². The van der Waals surface area contributed by atoms with Crippen molar-refractivity contribution in [1.82, 2.24) is 10.2 Å². The minimum atomic E-state index is -0.470. The van der Waals surface area contributed by atoms with Gasteiger partial charge in [-0.3, -0.25) is 5.32 Å². The van der Waals surface area contributed by atoms with Crippen LogP contribution in [0.15, 0.2) is 0 Å². The first kappa shape index (κ1) is 16.4. The maximum absolute atomic E-state index is 9.20. The van der Waals surface area contributed by atoms with Crippen molar-refractivity contribution in [1.29, 1.82) is 5.26 Å². The smallest absolute Gasteiger partial charge is 0.116 e. The van der Waals surface area contributed by atoms with Gasteiger partial charge in [0.1, 0.15) is 5.54 Å². The van der Waals surface area contributed by atoms with Gasteiger partial charge in [0.2, 0.25) is 0 Å². The van der Waals surface area contributed by atoms with E-state index in [9.17, 15) is 5.26 Å². The summed E-state index contributed by atoms with van der Waals surface area (Å²) >= 11 is 0. The summed E-state index contributed by atoms with van der Waals surface area (Å²) in [5, 5.41) is 12.5. The van der Waals surface area contributed by atoms with E-state index in [-0.39, 0.29) is 6.10 Å². The molecular formula is C13H27N3O. The Morgan fingerprint density at radius 2 is 2.12 bits per heavy atom. The van der Waals surface area contributed by atoms with E-state index in [4.69, 9.17) is 4.74 Å². The predicted molar refractivity (Wildman–Crippen MR) is 70.9 cm³/mol. The molecular weight excluding hydrogens is 214 g/mol.